The smallest absolute Gasteiger partial charge is 0.304 e. The van der Waals surface area contributed by atoms with Gasteiger partial charge in [-0.1, -0.05) is 30.3 Å². The fourth-order valence-corrected chi connectivity index (χ4v) is 3.76. The molecule has 2 aromatic rings. The van der Waals surface area contributed by atoms with Crippen molar-refractivity contribution in [2.24, 2.45) is 0 Å². The summed E-state index contributed by atoms with van der Waals surface area (Å²) in [6, 6.07) is 12.9. The number of hydrogen-bond donors (Lipinski definition) is 1. The predicted molar refractivity (Wildman–Crippen MR) is 87.4 cm³/mol. The fraction of sp³-hybridized carbons (Fsp3) is 0.312. The Morgan fingerprint density at radius 2 is 2.10 bits per heavy atom. The first-order chi connectivity index (χ1) is 9.75. The van der Waals surface area contributed by atoms with Crippen LogP contribution >= 0.6 is 23.7 Å². The summed E-state index contributed by atoms with van der Waals surface area (Å²) in [5, 5.41) is 11.0. The number of halogens is 1. The zero-order valence-electron chi connectivity index (χ0n) is 11.6. The van der Waals surface area contributed by atoms with Crippen LogP contribution in [-0.4, -0.2) is 29.1 Å². The molecule has 0 amide bonds. The van der Waals surface area contributed by atoms with Crippen molar-refractivity contribution in [3.05, 3.63) is 57.8 Å². The minimum atomic E-state index is -0.728. The summed E-state index contributed by atoms with van der Waals surface area (Å²) >= 11 is 1.74. The van der Waals surface area contributed by atoms with Crippen LogP contribution in [0.3, 0.4) is 0 Å². The molecule has 3 rings (SSSR count). The van der Waals surface area contributed by atoms with E-state index < -0.39 is 5.97 Å². The SMILES string of the molecule is Cl.O=C(O)CCN1CCc2ccccc2C1c1cccs1. The van der Waals surface area contributed by atoms with Crippen molar-refractivity contribution in [1.29, 1.82) is 0 Å². The molecule has 1 N–H and O–H groups in total. The van der Waals surface area contributed by atoms with Crippen molar-refractivity contribution < 1.29 is 9.90 Å². The van der Waals surface area contributed by atoms with Gasteiger partial charge in [0.05, 0.1) is 12.5 Å². The van der Waals surface area contributed by atoms with E-state index in [9.17, 15) is 4.79 Å². The van der Waals surface area contributed by atoms with Crippen LogP contribution in [0, 0.1) is 0 Å². The largest absolute Gasteiger partial charge is 0.481 e. The van der Waals surface area contributed by atoms with Gasteiger partial charge in [-0.25, -0.2) is 0 Å². The van der Waals surface area contributed by atoms with E-state index in [4.69, 9.17) is 5.11 Å². The minimum absolute atomic E-state index is 0. The van der Waals surface area contributed by atoms with Crippen LogP contribution in [0.25, 0.3) is 0 Å². The lowest BCUT2D eigenvalue weighted by Crippen LogP contribution is -2.37. The van der Waals surface area contributed by atoms with Crippen molar-refractivity contribution in [3.63, 3.8) is 0 Å². The molecule has 1 aliphatic heterocycles. The van der Waals surface area contributed by atoms with Crippen molar-refractivity contribution in [3.8, 4) is 0 Å². The van der Waals surface area contributed by atoms with Crippen LogP contribution in [0.15, 0.2) is 41.8 Å². The van der Waals surface area contributed by atoms with Crippen LogP contribution in [-0.2, 0) is 11.2 Å². The maximum atomic E-state index is 10.9. The van der Waals surface area contributed by atoms with Crippen LogP contribution in [0.2, 0.25) is 0 Å². The first-order valence-corrected chi connectivity index (χ1v) is 7.71. The van der Waals surface area contributed by atoms with E-state index in [1.165, 1.54) is 16.0 Å². The van der Waals surface area contributed by atoms with Crippen LogP contribution in [0.1, 0.15) is 28.5 Å². The number of nitrogens with zero attached hydrogens (tertiary/aromatic N) is 1. The normalized spacial score (nSPS) is 17.8. The Balaban J connectivity index is 0.00000161. The summed E-state index contributed by atoms with van der Waals surface area (Å²) in [7, 11) is 0. The lowest BCUT2D eigenvalue weighted by molar-refractivity contribution is -0.137. The maximum absolute atomic E-state index is 10.9. The molecule has 2 heterocycles. The maximum Gasteiger partial charge on any atom is 0.304 e. The van der Waals surface area contributed by atoms with Crippen molar-refractivity contribution in [2.45, 2.75) is 18.9 Å². The molecule has 0 spiro atoms. The summed E-state index contributed by atoms with van der Waals surface area (Å²) in [6.07, 6.45) is 1.20. The first-order valence-electron chi connectivity index (χ1n) is 6.83. The zero-order chi connectivity index (χ0) is 13.9. The Kier molecular flexibility index (Phi) is 5.39. The van der Waals surface area contributed by atoms with E-state index in [1.807, 2.05) is 0 Å². The number of benzene rings is 1. The minimum Gasteiger partial charge on any atom is -0.481 e. The number of rotatable bonds is 4. The van der Waals surface area contributed by atoms with Gasteiger partial charge in [0.1, 0.15) is 0 Å². The van der Waals surface area contributed by atoms with Gasteiger partial charge in [0.15, 0.2) is 0 Å². The molecule has 1 unspecified atom stereocenters. The van der Waals surface area contributed by atoms with Crippen molar-refractivity contribution in [1.82, 2.24) is 4.90 Å². The average Bonchev–Trinajstić information content (AvgIpc) is 2.98. The number of carbonyl (C=O) groups is 1. The Labute approximate surface area is 134 Å². The molecule has 0 saturated carbocycles. The molecule has 1 aromatic carbocycles. The fourth-order valence-electron chi connectivity index (χ4n) is 2.88. The second-order valence-electron chi connectivity index (χ2n) is 5.05. The molecule has 0 fully saturated rings. The summed E-state index contributed by atoms with van der Waals surface area (Å²) in [6.45, 7) is 1.53. The van der Waals surface area contributed by atoms with Gasteiger partial charge in [-0.2, -0.15) is 0 Å². The molecule has 1 atom stereocenters. The summed E-state index contributed by atoms with van der Waals surface area (Å²) in [5.74, 6) is -0.728. The second kappa shape index (κ2) is 7.07. The third-order valence-electron chi connectivity index (χ3n) is 3.81. The highest BCUT2D eigenvalue weighted by molar-refractivity contribution is 7.10. The van der Waals surface area contributed by atoms with Gasteiger partial charge in [-0.15, -0.1) is 23.7 Å². The third-order valence-corrected chi connectivity index (χ3v) is 4.73. The molecule has 0 saturated heterocycles. The highest BCUT2D eigenvalue weighted by Crippen LogP contribution is 2.37. The third kappa shape index (κ3) is 3.46. The molecule has 5 heteroatoms. The molecule has 112 valence electrons. The Bertz CT molecular complexity index is 600. The standard InChI is InChI=1S/C16H17NO2S.ClH/c18-15(19)8-10-17-9-7-12-4-1-2-5-13(12)16(17)14-6-3-11-20-14;/h1-6,11,16H,7-10H2,(H,18,19);1H. The molecular formula is C16H18ClNO2S. The van der Waals surface area contributed by atoms with Gasteiger partial charge in [-0.05, 0) is 29.0 Å². The second-order valence-corrected chi connectivity index (χ2v) is 6.03. The van der Waals surface area contributed by atoms with Crippen LogP contribution < -0.4 is 0 Å². The molecule has 0 bridgehead atoms. The quantitative estimate of drug-likeness (QED) is 0.934. The van der Waals surface area contributed by atoms with E-state index in [-0.39, 0.29) is 24.9 Å². The lowest BCUT2D eigenvalue weighted by Gasteiger charge is -2.36. The topological polar surface area (TPSA) is 40.5 Å². The zero-order valence-corrected chi connectivity index (χ0v) is 13.2. The van der Waals surface area contributed by atoms with Gasteiger partial charge in [0.2, 0.25) is 0 Å². The molecule has 0 radical (unpaired) electrons. The molecular weight excluding hydrogens is 306 g/mol. The molecule has 0 aliphatic carbocycles. The molecule has 3 nitrogen and oxygen atoms in total. The van der Waals surface area contributed by atoms with Crippen LogP contribution in [0.5, 0.6) is 0 Å². The summed E-state index contributed by atoms with van der Waals surface area (Å²) in [4.78, 5) is 14.4. The first kappa shape index (κ1) is 16.0. The van der Waals surface area contributed by atoms with Crippen molar-refractivity contribution >= 4 is 29.7 Å². The summed E-state index contributed by atoms with van der Waals surface area (Å²) in [5.41, 5.74) is 2.71. The van der Waals surface area contributed by atoms with E-state index in [0.717, 1.165) is 13.0 Å². The van der Waals surface area contributed by atoms with Gasteiger partial charge >= 0.3 is 5.97 Å². The Morgan fingerprint density at radius 3 is 2.81 bits per heavy atom. The van der Waals surface area contributed by atoms with Gasteiger partial charge in [0.25, 0.3) is 0 Å². The number of carboxylic acid groups (broad SMARTS) is 1. The van der Waals surface area contributed by atoms with Gasteiger partial charge < -0.3 is 5.11 Å². The highest BCUT2D eigenvalue weighted by atomic mass is 35.5. The number of aliphatic carboxylic acids is 1. The number of carboxylic acids is 1. The lowest BCUT2D eigenvalue weighted by atomic mass is 9.91. The number of hydrogen-bond acceptors (Lipinski definition) is 3. The molecule has 21 heavy (non-hydrogen) atoms. The van der Waals surface area contributed by atoms with Crippen molar-refractivity contribution in [2.75, 3.05) is 13.1 Å². The molecule has 1 aromatic heterocycles. The Hall–Kier alpha value is -1.36. The highest BCUT2D eigenvalue weighted by Gasteiger charge is 2.29. The van der Waals surface area contributed by atoms with Gasteiger partial charge in [0, 0.05) is 18.0 Å². The number of fused-ring (bicyclic) bond motifs is 1. The number of thiophene rings is 1. The average molecular weight is 324 g/mol. The van der Waals surface area contributed by atoms with E-state index in [1.54, 1.807) is 11.3 Å². The summed E-state index contributed by atoms with van der Waals surface area (Å²) < 4.78 is 0. The van der Waals surface area contributed by atoms with E-state index in [2.05, 4.69) is 46.7 Å². The monoisotopic (exact) mass is 323 g/mol. The van der Waals surface area contributed by atoms with Gasteiger partial charge in [-0.3, -0.25) is 9.69 Å². The molecule has 1 aliphatic rings. The van der Waals surface area contributed by atoms with E-state index in [0.29, 0.717) is 6.54 Å². The Morgan fingerprint density at radius 1 is 1.29 bits per heavy atom. The van der Waals surface area contributed by atoms with E-state index >= 15 is 0 Å². The predicted octanol–water partition coefficient (Wildman–Crippen LogP) is 3.59. The van der Waals surface area contributed by atoms with Crippen LogP contribution in [0.4, 0.5) is 0 Å².